The second kappa shape index (κ2) is 6.57. The minimum Gasteiger partial charge on any atom is -0.494 e. The Morgan fingerprint density at radius 3 is 3.00 bits per heavy atom. The number of ether oxygens (including phenoxy) is 1. The highest BCUT2D eigenvalue weighted by atomic mass is 19.1. The Balaban J connectivity index is 2.42. The van der Waals surface area contributed by atoms with Gasteiger partial charge in [0.05, 0.1) is 7.11 Å². The van der Waals surface area contributed by atoms with Gasteiger partial charge in [-0.2, -0.15) is 0 Å². The van der Waals surface area contributed by atoms with Crippen LogP contribution in [0.5, 0.6) is 5.75 Å². The van der Waals surface area contributed by atoms with Gasteiger partial charge in [-0.15, -0.1) is 0 Å². The summed E-state index contributed by atoms with van der Waals surface area (Å²) in [7, 11) is 1.42. The summed E-state index contributed by atoms with van der Waals surface area (Å²) >= 11 is 0. The molecular formula is C11H16FN3O2. The third-order valence-electron chi connectivity index (χ3n) is 2.22. The Kier molecular flexibility index (Phi) is 5.06. The van der Waals surface area contributed by atoms with Crippen molar-refractivity contribution < 1.29 is 14.3 Å². The standard InChI is InChI=1S/C11H16FN3O2/c1-17-10-7-8(4-5-9(10)12)14-6-2-3-11(13)15-16/h4-5,7,14,16H,2-3,6H2,1H3,(H2,13,15). The third kappa shape index (κ3) is 4.18. The van der Waals surface area contributed by atoms with Gasteiger partial charge in [-0.25, -0.2) is 4.39 Å². The molecule has 0 aromatic heterocycles. The van der Waals surface area contributed by atoms with Crippen LogP contribution < -0.4 is 15.8 Å². The zero-order chi connectivity index (χ0) is 12.7. The van der Waals surface area contributed by atoms with Crippen molar-refractivity contribution in [1.29, 1.82) is 0 Å². The van der Waals surface area contributed by atoms with Crippen molar-refractivity contribution in [3.63, 3.8) is 0 Å². The van der Waals surface area contributed by atoms with E-state index in [4.69, 9.17) is 15.7 Å². The molecule has 0 bridgehead atoms. The van der Waals surface area contributed by atoms with Gasteiger partial charge in [0, 0.05) is 24.7 Å². The van der Waals surface area contributed by atoms with Crippen LogP contribution in [0.25, 0.3) is 0 Å². The minimum absolute atomic E-state index is 0.198. The van der Waals surface area contributed by atoms with Crippen LogP contribution >= 0.6 is 0 Å². The van der Waals surface area contributed by atoms with Crippen molar-refractivity contribution >= 4 is 11.5 Å². The third-order valence-corrected chi connectivity index (χ3v) is 2.22. The molecule has 0 aliphatic rings. The zero-order valence-corrected chi connectivity index (χ0v) is 9.61. The number of amidine groups is 1. The molecule has 0 unspecified atom stereocenters. The minimum atomic E-state index is -0.394. The van der Waals surface area contributed by atoms with Crippen LogP contribution in [-0.4, -0.2) is 24.7 Å². The molecule has 1 rings (SSSR count). The molecule has 4 N–H and O–H groups in total. The number of nitrogens with two attached hydrogens (primary N) is 1. The second-order valence-corrected chi connectivity index (χ2v) is 3.47. The highest BCUT2D eigenvalue weighted by molar-refractivity contribution is 5.79. The van der Waals surface area contributed by atoms with E-state index in [9.17, 15) is 4.39 Å². The fourth-order valence-electron chi connectivity index (χ4n) is 1.32. The molecule has 0 saturated carbocycles. The van der Waals surface area contributed by atoms with Crippen molar-refractivity contribution in [3.05, 3.63) is 24.0 Å². The lowest BCUT2D eigenvalue weighted by molar-refractivity contribution is 0.316. The van der Waals surface area contributed by atoms with Crippen LogP contribution in [0.1, 0.15) is 12.8 Å². The fourth-order valence-corrected chi connectivity index (χ4v) is 1.32. The summed E-state index contributed by atoms with van der Waals surface area (Å²) in [6.07, 6.45) is 1.22. The van der Waals surface area contributed by atoms with Gasteiger partial charge in [0.25, 0.3) is 0 Å². The first-order valence-corrected chi connectivity index (χ1v) is 5.21. The van der Waals surface area contributed by atoms with E-state index < -0.39 is 5.82 Å². The number of oxime groups is 1. The first-order valence-electron chi connectivity index (χ1n) is 5.21. The average Bonchev–Trinajstić information content (AvgIpc) is 2.36. The molecule has 0 saturated heterocycles. The van der Waals surface area contributed by atoms with Crippen LogP contribution in [0.15, 0.2) is 23.4 Å². The van der Waals surface area contributed by atoms with Crippen LogP contribution in [0.3, 0.4) is 0 Å². The van der Waals surface area contributed by atoms with Crippen molar-refractivity contribution in [1.82, 2.24) is 0 Å². The molecule has 1 aromatic rings. The molecule has 94 valence electrons. The van der Waals surface area contributed by atoms with Crippen LogP contribution in [-0.2, 0) is 0 Å². The summed E-state index contributed by atoms with van der Waals surface area (Å²) in [5.41, 5.74) is 6.09. The average molecular weight is 241 g/mol. The summed E-state index contributed by atoms with van der Waals surface area (Å²) < 4.78 is 18.0. The topological polar surface area (TPSA) is 79.9 Å². The number of nitrogens with zero attached hydrogens (tertiary/aromatic N) is 1. The highest BCUT2D eigenvalue weighted by Gasteiger charge is 2.02. The molecule has 0 aliphatic carbocycles. The number of halogens is 1. The van der Waals surface area contributed by atoms with Crippen molar-refractivity contribution in [2.75, 3.05) is 19.0 Å². The number of benzene rings is 1. The van der Waals surface area contributed by atoms with Crippen LogP contribution in [0.4, 0.5) is 10.1 Å². The number of methoxy groups -OCH3 is 1. The second-order valence-electron chi connectivity index (χ2n) is 3.47. The van der Waals surface area contributed by atoms with E-state index in [2.05, 4.69) is 10.5 Å². The Bertz CT molecular complexity index is 396. The lowest BCUT2D eigenvalue weighted by atomic mass is 10.2. The number of hydrogen-bond acceptors (Lipinski definition) is 4. The lowest BCUT2D eigenvalue weighted by Crippen LogP contribution is -2.13. The Morgan fingerprint density at radius 1 is 1.59 bits per heavy atom. The molecule has 17 heavy (non-hydrogen) atoms. The number of anilines is 1. The van der Waals surface area contributed by atoms with E-state index in [1.807, 2.05) is 0 Å². The number of nitrogens with one attached hydrogen (secondary N) is 1. The summed E-state index contributed by atoms with van der Waals surface area (Å²) in [5, 5.41) is 14.3. The first-order chi connectivity index (χ1) is 8.17. The fraction of sp³-hybridized carbons (Fsp3) is 0.364. The van der Waals surface area contributed by atoms with E-state index in [-0.39, 0.29) is 11.6 Å². The van der Waals surface area contributed by atoms with E-state index in [1.165, 1.54) is 13.2 Å². The molecule has 0 atom stereocenters. The molecule has 0 aliphatic heterocycles. The van der Waals surface area contributed by atoms with Gasteiger partial charge < -0.3 is 21.0 Å². The molecule has 0 heterocycles. The van der Waals surface area contributed by atoms with E-state index in [1.54, 1.807) is 12.1 Å². The molecule has 5 nitrogen and oxygen atoms in total. The summed E-state index contributed by atoms with van der Waals surface area (Å²) in [6.45, 7) is 0.644. The Labute approximate surface area is 99.1 Å². The van der Waals surface area contributed by atoms with Crippen molar-refractivity contribution in [2.45, 2.75) is 12.8 Å². The van der Waals surface area contributed by atoms with E-state index >= 15 is 0 Å². The lowest BCUT2D eigenvalue weighted by Gasteiger charge is -2.08. The summed E-state index contributed by atoms with van der Waals surface area (Å²) in [6, 6.07) is 4.55. The van der Waals surface area contributed by atoms with Gasteiger partial charge in [0.2, 0.25) is 0 Å². The smallest absolute Gasteiger partial charge is 0.165 e. The Hall–Kier alpha value is -1.98. The van der Waals surface area contributed by atoms with Gasteiger partial charge in [0.1, 0.15) is 5.84 Å². The maximum Gasteiger partial charge on any atom is 0.165 e. The Morgan fingerprint density at radius 2 is 2.35 bits per heavy atom. The predicted octanol–water partition coefficient (Wildman–Crippen LogP) is 1.77. The quantitative estimate of drug-likeness (QED) is 0.233. The number of hydrogen-bond donors (Lipinski definition) is 3. The summed E-state index contributed by atoms with van der Waals surface area (Å²) in [4.78, 5) is 0. The maximum atomic E-state index is 13.1. The molecule has 6 heteroatoms. The normalized spacial score (nSPS) is 11.3. The zero-order valence-electron chi connectivity index (χ0n) is 9.61. The van der Waals surface area contributed by atoms with Crippen LogP contribution in [0, 0.1) is 5.82 Å². The molecule has 0 fully saturated rings. The van der Waals surface area contributed by atoms with Crippen LogP contribution in [0.2, 0.25) is 0 Å². The van der Waals surface area contributed by atoms with Crippen molar-refractivity contribution in [2.24, 2.45) is 10.9 Å². The monoisotopic (exact) mass is 241 g/mol. The molecular weight excluding hydrogens is 225 g/mol. The highest BCUT2D eigenvalue weighted by Crippen LogP contribution is 2.21. The predicted molar refractivity (Wildman–Crippen MR) is 64.1 cm³/mol. The van der Waals surface area contributed by atoms with Gasteiger partial charge >= 0.3 is 0 Å². The number of rotatable bonds is 6. The largest absolute Gasteiger partial charge is 0.494 e. The maximum absolute atomic E-state index is 13.1. The first kappa shape index (κ1) is 13.1. The van der Waals surface area contributed by atoms with Gasteiger partial charge in [-0.3, -0.25) is 0 Å². The molecule has 1 aromatic carbocycles. The SMILES string of the molecule is COc1cc(NCCC/C(N)=N/O)ccc1F. The van der Waals surface area contributed by atoms with Gasteiger partial charge in [0.15, 0.2) is 11.6 Å². The molecule has 0 spiro atoms. The van der Waals surface area contributed by atoms with E-state index in [0.29, 0.717) is 13.0 Å². The van der Waals surface area contributed by atoms with Crippen molar-refractivity contribution in [3.8, 4) is 5.75 Å². The van der Waals surface area contributed by atoms with E-state index in [0.717, 1.165) is 12.1 Å². The van der Waals surface area contributed by atoms with Gasteiger partial charge in [-0.05, 0) is 18.6 Å². The molecule has 0 radical (unpaired) electrons. The summed E-state index contributed by atoms with van der Waals surface area (Å²) in [5.74, 6) is 0.00429. The van der Waals surface area contributed by atoms with Gasteiger partial charge in [-0.1, -0.05) is 5.16 Å². The molecule has 0 amide bonds.